The summed E-state index contributed by atoms with van der Waals surface area (Å²) in [6, 6.07) is 9.60. The zero-order valence-corrected chi connectivity index (χ0v) is 17.1. The van der Waals surface area contributed by atoms with E-state index in [-0.39, 0.29) is 18.1 Å². The lowest BCUT2D eigenvalue weighted by molar-refractivity contribution is 0.0516. The number of aromatic hydroxyl groups is 1. The molecule has 3 aromatic rings. The minimum atomic E-state index is -0.673. The first kappa shape index (κ1) is 17.4. The van der Waals surface area contributed by atoms with Gasteiger partial charge in [0.1, 0.15) is 9.21 Å². The lowest BCUT2D eigenvalue weighted by Gasteiger charge is -2.10. The third-order valence-electron chi connectivity index (χ3n) is 3.41. The van der Waals surface area contributed by atoms with Gasteiger partial charge in [0.2, 0.25) is 0 Å². The van der Waals surface area contributed by atoms with Crippen LogP contribution in [0.5, 0.6) is 5.75 Å². The normalized spacial score (nSPS) is 11.0. The van der Waals surface area contributed by atoms with Gasteiger partial charge in [-0.3, -0.25) is 0 Å². The van der Waals surface area contributed by atoms with E-state index in [2.05, 4.69) is 52.8 Å². The van der Waals surface area contributed by atoms with E-state index < -0.39 is 5.97 Å². The van der Waals surface area contributed by atoms with Gasteiger partial charge in [-0.25, -0.2) is 9.78 Å². The van der Waals surface area contributed by atoms with Crippen molar-refractivity contribution in [1.29, 1.82) is 0 Å². The summed E-state index contributed by atoms with van der Waals surface area (Å²) in [6.45, 7) is 1.90. The van der Waals surface area contributed by atoms with Gasteiger partial charge in [-0.15, -0.1) is 0 Å². The van der Waals surface area contributed by atoms with Crippen molar-refractivity contribution in [3.05, 3.63) is 49.7 Å². The molecule has 0 unspecified atom stereocenters. The number of ether oxygens (including phenoxy) is 1. The van der Waals surface area contributed by atoms with Gasteiger partial charge in [0, 0.05) is 5.69 Å². The second-order valence-corrected chi connectivity index (χ2v) is 7.11. The van der Waals surface area contributed by atoms with E-state index in [1.165, 1.54) is 0 Å². The number of fused-ring (bicyclic) bond motifs is 1. The molecule has 0 spiro atoms. The molecule has 0 saturated heterocycles. The Morgan fingerprint density at radius 1 is 1.25 bits per heavy atom. The summed E-state index contributed by atoms with van der Waals surface area (Å²) < 4.78 is 8.58. The maximum Gasteiger partial charge on any atom is 0.360 e. The minimum Gasteiger partial charge on any atom is -0.505 e. The Hall–Kier alpha value is -1.38. The van der Waals surface area contributed by atoms with Gasteiger partial charge in [0.05, 0.1) is 22.0 Å². The molecule has 124 valence electrons. The average molecular weight is 519 g/mol. The molecule has 2 aromatic heterocycles. The van der Waals surface area contributed by atoms with E-state index >= 15 is 0 Å². The van der Waals surface area contributed by atoms with Crippen LogP contribution in [-0.2, 0) is 4.74 Å². The number of nitrogens with zero attached hydrogens (tertiary/aromatic N) is 2. The van der Waals surface area contributed by atoms with Gasteiger partial charge in [0.25, 0.3) is 0 Å². The van der Waals surface area contributed by atoms with E-state index in [1.54, 1.807) is 6.92 Å². The molecule has 0 amide bonds. The van der Waals surface area contributed by atoms with Crippen LogP contribution in [0.25, 0.3) is 16.6 Å². The molecule has 0 bridgehead atoms. The topological polar surface area (TPSA) is 64.3 Å². The van der Waals surface area contributed by atoms with Crippen LogP contribution in [0, 0.1) is 0 Å². The fraction of sp³-hybridized carbons (Fsp3) is 0.125. The first-order valence-electron chi connectivity index (χ1n) is 6.97. The molecule has 0 saturated carbocycles. The first-order valence-corrected chi connectivity index (χ1v) is 9.35. The van der Waals surface area contributed by atoms with Crippen molar-refractivity contribution < 1.29 is 14.6 Å². The summed E-state index contributed by atoms with van der Waals surface area (Å²) in [4.78, 5) is 16.2. The molecule has 0 aliphatic heterocycles. The molecule has 24 heavy (non-hydrogen) atoms. The zero-order valence-electron chi connectivity index (χ0n) is 12.4. The van der Waals surface area contributed by atoms with Crippen molar-refractivity contribution in [2.24, 2.45) is 0 Å². The number of aromatic nitrogens is 2. The van der Waals surface area contributed by atoms with E-state index in [9.17, 15) is 9.90 Å². The van der Waals surface area contributed by atoms with Crippen LogP contribution in [0.15, 0.2) is 44.0 Å². The fourth-order valence-corrected chi connectivity index (χ4v) is 4.10. The fourth-order valence-electron chi connectivity index (χ4n) is 2.41. The van der Waals surface area contributed by atoms with Crippen LogP contribution in [0.2, 0.25) is 0 Å². The third kappa shape index (κ3) is 2.76. The quantitative estimate of drug-likeness (QED) is 0.382. The average Bonchev–Trinajstić information content (AvgIpc) is 2.84. The predicted octanol–water partition coefficient (Wildman–Crippen LogP) is 5.20. The van der Waals surface area contributed by atoms with Crippen molar-refractivity contribution in [3.8, 4) is 11.4 Å². The maximum atomic E-state index is 12.0. The molecule has 0 aliphatic rings. The molecule has 5 nitrogen and oxygen atoms in total. The van der Waals surface area contributed by atoms with Gasteiger partial charge in [-0.1, -0.05) is 18.2 Å². The van der Waals surface area contributed by atoms with Crippen molar-refractivity contribution in [2.75, 3.05) is 6.61 Å². The molecular weight excluding hydrogens is 508 g/mol. The van der Waals surface area contributed by atoms with Crippen LogP contribution in [0.3, 0.4) is 0 Å². The minimum absolute atomic E-state index is 0.130. The van der Waals surface area contributed by atoms with Gasteiger partial charge in [-0.2, -0.15) is 0 Å². The summed E-state index contributed by atoms with van der Waals surface area (Å²) in [5, 5.41) is 11.1. The van der Waals surface area contributed by atoms with E-state index in [0.29, 0.717) is 24.6 Å². The monoisotopic (exact) mass is 516 g/mol. The number of hydrogen-bond acceptors (Lipinski definition) is 4. The Morgan fingerprint density at radius 3 is 2.54 bits per heavy atom. The van der Waals surface area contributed by atoms with Crippen LogP contribution in [0.1, 0.15) is 17.4 Å². The van der Waals surface area contributed by atoms with Crippen LogP contribution < -0.4 is 0 Å². The SMILES string of the molecule is CCOC(=O)c1nc(Br)c2c(c1O)c(Br)c(Br)n2-c1ccccc1. The molecule has 0 radical (unpaired) electrons. The lowest BCUT2D eigenvalue weighted by atomic mass is 10.2. The Labute approximate surface area is 163 Å². The highest BCUT2D eigenvalue weighted by Gasteiger charge is 2.26. The summed E-state index contributed by atoms with van der Waals surface area (Å²) >= 11 is 10.4. The Kier molecular flexibility index (Phi) is 4.98. The number of benzene rings is 1. The van der Waals surface area contributed by atoms with Crippen molar-refractivity contribution in [1.82, 2.24) is 9.55 Å². The molecule has 1 N–H and O–H groups in total. The maximum absolute atomic E-state index is 12.0. The molecule has 0 fully saturated rings. The predicted molar refractivity (Wildman–Crippen MR) is 102 cm³/mol. The molecule has 1 aromatic carbocycles. The molecule has 8 heteroatoms. The number of carbonyl (C=O) groups excluding carboxylic acids is 1. The number of halogens is 3. The third-order valence-corrected chi connectivity index (χ3v) is 6.02. The molecule has 3 rings (SSSR count). The number of hydrogen-bond donors (Lipinski definition) is 1. The summed E-state index contributed by atoms with van der Waals surface area (Å²) in [7, 11) is 0. The van der Waals surface area contributed by atoms with Crippen molar-refractivity contribution in [3.63, 3.8) is 0 Å². The summed E-state index contributed by atoms with van der Waals surface area (Å²) in [6.07, 6.45) is 0. The van der Waals surface area contributed by atoms with E-state index in [4.69, 9.17) is 4.74 Å². The second kappa shape index (κ2) is 6.85. The highest BCUT2D eigenvalue weighted by atomic mass is 79.9. The Balaban J connectivity index is 2.37. The van der Waals surface area contributed by atoms with Gasteiger partial charge in [-0.05, 0) is 66.8 Å². The van der Waals surface area contributed by atoms with Gasteiger partial charge >= 0.3 is 5.97 Å². The Bertz CT molecular complexity index is 939. The number of para-hydroxylation sites is 1. The molecule has 0 aliphatic carbocycles. The number of rotatable bonds is 3. The number of carbonyl (C=O) groups is 1. The number of pyridine rings is 1. The van der Waals surface area contributed by atoms with Crippen LogP contribution in [-0.4, -0.2) is 27.2 Å². The van der Waals surface area contributed by atoms with Gasteiger partial charge < -0.3 is 14.4 Å². The molecule has 0 atom stereocenters. The van der Waals surface area contributed by atoms with Crippen LogP contribution >= 0.6 is 47.8 Å². The molecule has 2 heterocycles. The Morgan fingerprint density at radius 2 is 1.92 bits per heavy atom. The van der Waals surface area contributed by atoms with Crippen molar-refractivity contribution in [2.45, 2.75) is 6.92 Å². The van der Waals surface area contributed by atoms with Crippen molar-refractivity contribution >= 4 is 64.7 Å². The number of esters is 1. The zero-order chi connectivity index (χ0) is 17.4. The largest absolute Gasteiger partial charge is 0.505 e. The van der Waals surface area contributed by atoms with Gasteiger partial charge in [0.15, 0.2) is 11.4 Å². The first-order chi connectivity index (χ1) is 11.5. The highest BCUT2D eigenvalue weighted by molar-refractivity contribution is 9.13. The van der Waals surface area contributed by atoms with E-state index in [1.807, 2.05) is 34.9 Å². The highest BCUT2D eigenvalue weighted by Crippen LogP contribution is 2.44. The smallest absolute Gasteiger partial charge is 0.360 e. The lowest BCUT2D eigenvalue weighted by Crippen LogP contribution is -2.08. The summed E-state index contributed by atoms with van der Waals surface area (Å²) in [5.74, 6) is -0.901. The van der Waals surface area contributed by atoms with E-state index in [0.717, 1.165) is 5.69 Å². The standard InChI is InChI=1S/C16H11Br3N2O3/c1-2-24-16(23)11-13(22)9-10(17)15(19)21(12(9)14(18)20-11)8-6-4-3-5-7-8/h3-7,22H,2H2,1H3. The summed E-state index contributed by atoms with van der Waals surface area (Å²) in [5.41, 5.74) is 1.38. The molecular formula is C16H11Br3N2O3. The van der Waals surface area contributed by atoms with Crippen LogP contribution in [0.4, 0.5) is 0 Å². The second-order valence-electron chi connectivity index (χ2n) is 4.82.